The largest absolute Gasteiger partial charge is 0.492 e. The van der Waals surface area contributed by atoms with E-state index in [0.29, 0.717) is 19.6 Å². The standard InChI is InChI=1S/C15H23BrN2O2.ClH/c1-11(2)15(3,10-17)18-14(19)8-9-20-13-7-5-4-6-12(13)16;/h4-7,11H,8-10,17H2,1-3H3,(H,18,19);1H. The Balaban J connectivity index is 0.00000400. The average Bonchev–Trinajstić information content (AvgIpc) is 2.40. The SMILES string of the molecule is CC(C)C(C)(CN)NC(=O)CCOc1ccccc1Br.Cl. The van der Waals surface area contributed by atoms with Crippen molar-refractivity contribution in [3.63, 3.8) is 0 Å². The zero-order valence-electron chi connectivity index (χ0n) is 12.7. The molecule has 1 unspecified atom stereocenters. The molecule has 21 heavy (non-hydrogen) atoms. The van der Waals surface area contributed by atoms with Crippen LogP contribution in [0.3, 0.4) is 0 Å². The van der Waals surface area contributed by atoms with Gasteiger partial charge in [-0.1, -0.05) is 26.0 Å². The van der Waals surface area contributed by atoms with Crippen LogP contribution in [0.5, 0.6) is 5.75 Å². The van der Waals surface area contributed by atoms with E-state index in [0.717, 1.165) is 10.2 Å². The third-order valence-electron chi connectivity index (χ3n) is 3.55. The zero-order valence-corrected chi connectivity index (χ0v) is 15.1. The molecule has 0 spiro atoms. The molecule has 0 aromatic heterocycles. The van der Waals surface area contributed by atoms with Gasteiger partial charge in [-0.05, 0) is 40.9 Å². The van der Waals surface area contributed by atoms with Gasteiger partial charge in [-0.2, -0.15) is 0 Å². The highest BCUT2D eigenvalue weighted by molar-refractivity contribution is 9.10. The molecule has 0 bridgehead atoms. The fourth-order valence-electron chi connectivity index (χ4n) is 1.63. The van der Waals surface area contributed by atoms with Gasteiger partial charge in [0.1, 0.15) is 5.75 Å². The summed E-state index contributed by atoms with van der Waals surface area (Å²) in [6.45, 7) is 6.81. The van der Waals surface area contributed by atoms with Gasteiger partial charge in [-0.25, -0.2) is 0 Å². The van der Waals surface area contributed by atoms with Gasteiger partial charge in [0, 0.05) is 6.54 Å². The molecule has 1 aromatic carbocycles. The Hall–Kier alpha value is -0.780. The van der Waals surface area contributed by atoms with Crippen molar-refractivity contribution in [3.05, 3.63) is 28.7 Å². The van der Waals surface area contributed by atoms with E-state index in [1.54, 1.807) is 0 Å². The van der Waals surface area contributed by atoms with Crippen molar-refractivity contribution in [3.8, 4) is 5.75 Å². The van der Waals surface area contributed by atoms with Crippen LogP contribution in [0.1, 0.15) is 27.2 Å². The van der Waals surface area contributed by atoms with Gasteiger partial charge in [0.25, 0.3) is 0 Å². The van der Waals surface area contributed by atoms with Gasteiger partial charge in [-0.3, -0.25) is 4.79 Å². The summed E-state index contributed by atoms with van der Waals surface area (Å²) in [4.78, 5) is 11.9. The molecule has 0 aliphatic heterocycles. The predicted molar refractivity (Wildman–Crippen MR) is 91.9 cm³/mol. The molecule has 1 amide bonds. The number of nitrogens with two attached hydrogens (primary N) is 1. The molecule has 0 radical (unpaired) electrons. The lowest BCUT2D eigenvalue weighted by Crippen LogP contribution is -2.55. The first-order chi connectivity index (χ1) is 9.39. The smallest absolute Gasteiger partial charge is 0.223 e. The van der Waals surface area contributed by atoms with Crippen molar-refractivity contribution < 1.29 is 9.53 Å². The molecule has 4 nitrogen and oxygen atoms in total. The van der Waals surface area contributed by atoms with Crippen LogP contribution in [-0.2, 0) is 4.79 Å². The van der Waals surface area contributed by atoms with Gasteiger partial charge in [0.05, 0.1) is 23.0 Å². The first-order valence-corrected chi connectivity index (χ1v) is 7.56. The lowest BCUT2D eigenvalue weighted by Gasteiger charge is -2.33. The Labute approximate surface area is 141 Å². The molecule has 0 aliphatic carbocycles. The molecule has 0 saturated heterocycles. The summed E-state index contributed by atoms with van der Waals surface area (Å²) in [6.07, 6.45) is 0.309. The Morgan fingerprint density at radius 1 is 1.43 bits per heavy atom. The lowest BCUT2D eigenvalue weighted by molar-refractivity contribution is -0.123. The second kappa shape index (κ2) is 9.28. The highest BCUT2D eigenvalue weighted by Gasteiger charge is 2.28. The Morgan fingerprint density at radius 2 is 2.05 bits per heavy atom. The van der Waals surface area contributed by atoms with E-state index in [2.05, 4.69) is 21.2 Å². The van der Waals surface area contributed by atoms with Crippen LogP contribution in [0, 0.1) is 5.92 Å². The molecule has 6 heteroatoms. The number of nitrogens with one attached hydrogen (secondary N) is 1. The number of hydrogen-bond donors (Lipinski definition) is 2. The van der Waals surface area contributed by atoms with E-state index >= 15 is 0 Å². The first kappa shape index (κ1) is 20.2. The maximum absolute atomic E-state index is 11.9. The fourth-order valence-corrected chi connectivity index (χ4v) is 2.03. The third-order valence-corrected chi connectivity index (χ3v) is 4.20. The summed E-state index contributed by atoms with van der Waals surface area (Å²) >= 11 is 3.40. The lowest BCUT2D eigenvalue weighted by atomic mass is 9.88. The molecular formula is C15H24BrClN2O2. The van der Waals surface area contributed by atoms with Gasteiger partial charge in [0.15, 0.2) is 0 Å². The maximum atomic E-state index is 11.9. The number of amides is 1. The molecule has 0 heterocycles. The van der Waals surface area contributed by atoms with Crippen molar-refractivity contribution in [1.29, 1.82) is 0 Å². The molecule has 3 N–H and O–H groups in total. The quantitative estimate of drug-likeness (QED) is 0.765. The number of hydrogen-bond acceptors (Lipinski definition) is 3. The zero-order chi connectivity index (χ0) is 15.2. The number of carbonyl (C=O) groups is 1. The number of para-hydroxylation sites is 1. The first-order valence-electron chi connectivity index (χ1n) is 6.77. The third kappa shape index (κ3) is 6.24. The molecular weight excluding hydrogens is 356 g/mol. The van der Waals surface area contributed by atoms with Crippen LogP contribution < -0.4 is 15.8 Å². The second-order valence-corrected chi connectivity index (χ2v) is 6.21. The van der Waals surface area contributed by atoms with E-state index in [1.165, 1.54) is 0 Å². The molecule has 1 atom stereocenters. The predicted octanol–water partition coefficient (Wildman–Crippen LogP) is 3.13. The van der Waals surface area contributed by atoms with Crippen LogP contribution in [0.25, 0.3) is 0 Å². The van der Waals surface area contributed by atoms with Crippen LogP contribution in [0.4, 0.5) is 0 Å². The number of ether oxygens (including phenoxy) is 1. The van der Waals surface area contributed by atoms with Gasteiger partial charge >= 0.3 is 0 Å². The summed E-state index contributed by atoms with van der Waals surface area (Å²) in [5.74, 6) is 0.977. The molecule has 1 aromatic rings. The van der Waals surface area contributed by atoms with Crippen molar-refractivity contribution in [2.24, 2.45) is 11.7 Å². The molecule has 0 saturated carbocycles. The minimum absolute atomic E-state index is 0. The van der Waals surface area contributed by atoms with E-state index in [1.807, 2.05) is 45.0 Å². The van der Waals surface area contributed by atoms with Crippen molar-refractivity contribution >= 4 is 34.2 Å². The van der Waals surface area contributed by atoms with Gasteiger partial charge in [-0.15, -0.1) is 12.4 Å². The summed E-state index contributed by atoms with van der Waals surface area (Å²) < 4.78 is 6.46. The number of benzene rings is 1. The van der Waals surface area contributed by atoms with Gasteiger partial charge in [0.2, 0.25) is 5.91 Å². The monoisotopic (exact) mass is 378 g/mol. The Bertz CT molecular complexity index is 457. The molecule has 0 fully saturated rings. The van der Waals surface area contributed by atoms with Crippen molar-refractivity contribution in [1.82, 2.24) is 5.32 Å². The average molecular weight is 380 g/mol. The fraction of sp³-hybridized carbons (Fsp3) is 0.533. The minimum Gasteiger partial charge on any atom is -0.492 e. The number of carbonyl (C=O) groups excluding carboxylic acids is 1. The van der Waals surface area contributed by atoms with E-state index in [9.17, 15) is 4.79 Å². The topological polar surface area (TPSA) is 64.3 Å². The van der Waals surface area contributed by atoms with Crippen molar-refractivity contribution in [2.75, 3.05) is 13.2 Å². The highest BCUT2D eigenvalue weighted by atomic mass is 79.9. The summed E-state index contributed by atoms with van der Waals surface area (Å²) in [7, 11) is 0. The van der Waals surface area contributed by atoms with Crippen molar-refractivity contribution in [2.45, 2.75) is 32.7 Å². The molecule has 0 aliphatic rings. The number of rotatable bonds is 7. The van der Waals surface area contributed by atoms with E-state index in [-0.39, 0.29) is 29.8 Å². The van der Waals surface area contributed by atoms with E-state index < -0.39 is 0 Å². The van der Waals surface area contributed by atoms with Crippen LogP contribution >= 0.6 is 28.3 Å². The summed E-state index contributed by atoms with van der Waals surface area (Å²) in [5, 5.41) is 2.99. The minimum atomic E-state index is -0.371. The second-order valence-electron chi connectivity index (χ2n) is 5.35. The maximum Gasteiger partial charge on any atom is 0.223 e. The van der Waals surface area contributed by atoms with Gasteiger partial charge < -0.3 is 15.8 Å². The Kier molecular flexibility index (Phi) is 8.94. The van der Waals surface area contributed by atoms with Crippen LogP contribution in [-0.4, -0.2) is 24.6 Å². The Morgan fingerprint density at radius 3 is 2.57 bits per heavy atom. The normalized spacial score (nSPS) is 13.2. The molecule has 120 valence electrons. The van der Waals surface area contributed by atoms with E-state index in [4.69, 9.17) is 10.5 Å². The van der Waals surface area contributed by atoms with Crippen LogP contribution in [0.2, 0.25) is 0 Å². The molecule has 1 rings (SSSR count). The van der Waals surface area contributed by atoms with Crippen LogP contribution in [0.15, 0.2) is 28.7 Å². The highest BCUT2D eigenvalue weighted by Crippen LogP contribution is 2.23. The summed E-state index contributed by atoms with van der Waals surface area (Å²) in [5.41, 5.74) is 5.37. The number of halogens is 2. The summed E-state index contributed by atoms with van der Waals surface area (Å²) in [6, 6.07) is 7.57.